The van der Waals surface area contributed by atoms with E-state index in [-0.39, 0.29) is 11.8 Å². The summed E-state index contributed by atoms with van der Waals surface area (Å²) in [5, 5.41) is 2.86. The fourth-order valence-corrected chi connectivity index (χ4v) is 2.91. The lowest BCUT2D eigenvalue weighted by Crippen LogP contribution is -2.25. The van der Waals surface area contributed by atoms with E-state index in [2.05, 4.69) is 26.2 Å². The van der Waals surface area contributed by atoms with Gasteiger partial charge in [0.1, 0.15) is 0 Å². The fraction of sp³-hybridized carbons (Fsp3) is 0.188. The predicted octanol–water partition coefficient (Wildman–Crippen LogP) is 3.01. The number of nitrogens with one attached hydrogen (secondary N) is 1. The summed E-state index contributed by atoms with van der Waals surface area (Å²) in [5.74, 6) is -0.175. The Morgan fingerprint density at radius 3 is 2.82 bits per heavy atom. The van der Waals surface area contributed by atoms with Gasteiger partial charge in [-0.3, -0.25) is 14.6 Å². The minimum Gasteiger partial charge on any atom is -0.322 e. The van der Waals surface area contributed by atoms with Crippen LogP contribution in [-0.4, -0.2) is 23.3 Å². The van der Waals surface area contributed by atoms with Crippen molar-refractivity contribution in [2.45, 2.75) is 13.3 Å². The molecule has 1 aromatic carbocycles. The van der Waals surface area contributed by atoms with Gasteiger partial charge in [-0.25, -0.2) is 0 Å². The van der Waals surface area contributed by atoms with Gasteiger partial charge in [0.2, 0.25) is 5.91 Å². The number of hydrogen-bond acceptors (Lipinski definition) is 3. The van der Waals surface area contributed by atoms with Gasteiger partial charge in [-0.1, -0.05) is 0 Å². The summed E-state index contributed by atoms with van der Waals surface area (Å²) >= 11 is 3.30. The van der Waals surface area contributed by atoms with E-state index in [0.29, 0.717) is 17.8 Å². The molecule has 0 saturated heterocycles. The number of carbonyl (C=O) groups is 2. The zero-order valence-electron chi connectivity index (χ0n) is 12.0. The second-order valence-electron chi connectivity index (χ2n) is 5.11. The van der Waals surface area contributed by atoms with Crippen LogP contribution in [-0.2, 0) is 11.2 Å². The molecule has 5 nitrogen and oxygen atoms in total. The third kappa shape index (κ3) is 2.87. The topological polar surface area (TPSA) is 62.3 Å². The molecule has 0 radical (unpaired) electrons. The normalized spacial score (nSPS) is 12.9. The van der Waals surface area contributed by atoms with E-state index in [1.807, 2.05) is 18.2 Å². The summed E-state index contributed by atoms with van der Waals surface area (Å²) in [6.45, 7) is 2.25. The minimum atomic E-state index is -0.213. The molecule has 2 aromatic rings. The largest absolute Gasteiger partial charge is 0.322 e. The molecule has 1 aliphatic rings. The molecule has 0 unspecified atom stereocenters. The van der Waals surface area contributed by atoms with Crippen molar-refractivity contribution >= 4 is 39.1 Å². The molecule has 2 heterocycles. The van der Waals surface area contributed by atoms with Gasteiger partial charge in [-0.2, -0.15) is 0 Å². The molecule has 22 heavy (non-hydrogen) atoms. The maximum absolute atomic E-state index is 12.2. The summed E-state index contributed by atoms with van der Waals surface area (Å²) in [7, 11) is 0. The van der Waals surface area contributed by atoms with Crippen LogP contribution in [0.25, 0.3) is 0 Å². The minimum absolute atomic E-state index is 0.0377. The zero-order chi connectivity index (χ0) is 15.7. The van der Waals surface area contributed by atoms with Crippen LogP contribution in [0.5, 0.6) is 0 Å². The van der Waals surface area contributed by atoms with Crippen LogP contribution in [0, 0.1) is 0 Å². The number of fused-ring (bicyclic) bond motifs is 1. The van der Waals surface area contributed by atoms with Gasteiger partial charge >= 0.3 is 0 Å². The number of carbonyl (C=O) groups excluding carboxylic acids is 2. The van der Waals surface area contributed by atoms with Gasteiger partial charge in [0.15, 0.2) is 0 Å². The third-order valence-electron chi connectivity index (χ3n) is 3.58. The number of halogens is 1. The molecule has 1 aromatic heterocycles. The third-order valence-corrected chi connectivity index (χ3v) is 4.01. The van der Waals surface area contributed by atoms with Gasteiger partial charge in [0.05, 0.1) is 5.56 Å². The van der Waals surface area contributed by atoms with Crippen molar-refractivity contribution in [1.82, 2.24) is 4.98 Å². The molecular formula is C16H14BrN3O2. The van der Waals surface area contributed by atoms with E-state index < -0.39 is 0 Å². The highest BCUT2D eigenvalue weighted by atomic mass is 79.9. The predicted molar refractivity (Wildman–Crippen MR) is 88.1 cm³/mol. The van der Waals surface area contributed by atoms with Gasteiger partial charge in [-0.05, 0) is 52.2 Å². The second-order valence-corrected chi connectivity index (χ2v) is 6.03. The van der Waals surface area contributed by atoms with Crippen molar-refractivity contribution in [1.29, 1.82) is 0 Å². The van der Waals surface area contributed by atoms with Gasteiger partial charge in [0, 0.05) is 41.7 Å². The van der Waals surface area contributed by atoms with Crippen molar-refractivity contribution in [3.05, 3.63) is 52.3 Å². The van der Waals surface area contributed by atoms with Crippen molar-refractivity contribution < 1.29 is 9.59 Å². The Labute approximate surface area is 136 Å². The van der Waals surface area contributed by atoms with Crippen LogP contribution >= 0.6 is 15.9 Å². The first-order valence-electron chi connectivity index (χ1n) is 6.87. The lowest BCUT2D eigenvalue weighted by atomic mass is 10.1. The van der Waals surface area contributed by atoms with Crippen LogP contribution in [0.2, 0.25) is 0 Å². The van der Waals surface area contributed by atoms with Crippen LogP contribution in [0.3, 0.4) is 0 Å². The number of aromatic nitrogens is 1. The number of rotatable bonds is 2. The van der Waals surface area contributed by atoms with Crippen molar-refractivity contribution in [2.24, 2.45) is 0 Å². The first-order valence-corrected chi connectivity index (χ1v) is 7.67. The first-order chi connectivity index (χ1) is 10.5. The Kier molecular flexibility index (Phi) is 3.94. The zero-order valence-corrected chi connectivity index (χ0v) is 13.6. The van der Waals surface area contributed by atoms with E-state index in [0.717, 1.165) is 22.1 Å². The molecule has 0 aliphatic carbocycles. The first kappa shape index (κ1) is 14.7. The lowest BCUT2D eigenvalue weighted by Gasteiger charge is -2.15. The Hall–Kier alpha value is -2.21. The summed E-state index contributed by atoms with van der Waals surface area (Å²) < 4.78 is 0.756. The lowest BCUT2D eigenvalue weighted by molar-refractivity contribution is -0.116. The van der Waals surface area contributed by atoms with Crippen LogP contribution < -0.4 is 10.2 Å². The summed E-state index contributed by atoms with van der Waals surface area (Å²) in [5.41, 5.74) is 3.20. The number of amides is 2. The highest BCUT2D eigenvalue weighted by molar-refractivity contribution is 9.10. The molecule has 1 N–H and O–H groups in total. The highest BCUT2D eigenvalue weighted by Gasteiger charge is 2.22. The molecule has 3 rings (SSSR count). The van der Waals surface area contributed by atoms with Gasteiger partial charge in [-0.15, -0.1) is 0 Å². The number of hydrogen-bond donors (Lipinski definition) is 1. The number of pyridine rings is 1. The summed E-state index contributed by atoms with van der Waals surface area (Å²) in [6.07, 6.45) is 3.95. The van der Waals surface area contributed by atoms with Gasteiger partial charge < -0.3 is 10.2 Å². The molecule has 0 saturated carbocycles. The van der Waals surface area contributed by atoms with E-state index >= 15 is 0 Å². The molecular weight excluding hydrogens is 346 g/mol. The summed E-state index contributed by atoms with van der Waals surface area (Å²) in [6, 6.07) is 7.32. The van der Waals surface area contributed by atoms with E-state index in [1.165, 1.54) is 6.20 Å². The summed E-state index contributed by atoms with van der Waals surface area (Å²) in [4.78, 5) is 29.5. The van der Waals surface area contributed by atoms with Crippen LogP contribution in [0.4, 0.5) is 11.4 Å². The average molecular weight is 360 g/mol. The monoisotopic (exact) mass is 359 g/mol. The van der Waals surface area contributed by atoms with Gasteiger partial charge in [0.25, 0.3) is 5.91 Å². The number of benzene rings is 1. The Morgan fingerprint density at radius 2 is 2.09 bits per heavy atom. The molecule has 0 spiro atoms. The van der Waals surface area contributed by atoms with Crippen molar-refractivity contribution in [3.63, 3.8) is 0 Å². The van der Waals surface area contributed by atoms with Crippen molar-refractivity contribution in [3.8, 4) is 0 Å². The molecule has 1 aliphatic heterocycles. The Bertz CT molecular complexity index is 761. The molecule has 2 amide bonds. The maximum Gasteiger partial charge on any atom is 0.257 e. The standard InChI is InChI=1S/C16H14BrN3O2/c1-10(21)20-5-4-11-7-14(2-3-15(11)20)19-16(22)12-6-13(17)9-18-8-12/h2-3,6-9H,4-5H2,1H3,(H,19,22). The molecule has 0 fully saturated rings. The molecule has 0 bridgehead atoms. The molecule has 112 valence electrons. The Balaban J connectivity index is 1.80. The Morgan fingerprint density at radius 1 is 1.27 bits per heavy atom. The molecule has 0 atom stereocenters. The van der Waals surface area contributed by atoms with Crippen LogP contribution in [0.1, 0.15) is 22.8 Å². The number of nitrogens with zero attached hydrogens (tertiary/aromatic N) is 2. The van der Waals surface area contributed by atoms with Crippen LogP contribution in [0.15, 0.2) is 41.1 Å². The second kappa shape index (κ2) is 5.88. The smallest absolute Gasteiger partial charge is 0.257 e. The van der Waals surface area contributed by atoms with E-state index in [9.17, 15) is 9.59 Å². The average Bonchev–Trinajstić information content (AvgIpc) is 2.90. The quantitative estimate of drug-likeness (QED) is 0.896. The van der Waals surface area contributed by atoms with E-state index in [1.54, 1.807) is 24.1 Å². The van der Waals surface area contributed by atoms with E-state index in [4.69, 9.17) is 0 Å². The highest BCUT2D eigenvalue weighted by Crippen LogP contribution is 2.30. The van der Waals surface area contributed by atoms with Crippen molar-refractivity contribution in [2.75, 3.05) is 16.8 Å². The SMILES string of the molecule is CC(=O)N1CCc2cc(NC(=O)c3cncc(Br)c3)ccc21. The molecule has 6 heteroatoms. The maximum atomic E-state index is 12.2. The number of anilines is 2. The fourth-order valence-electron chi connectivity index (χ4n) is 2.55.